The van der Waals surface area contributed by atoms with Crippen LogP contribution in [0.15, 0.2) is 146 Å². The predicted octanol–water partition coefficient (Wildman–Crippen LogP) is 8.91. The van der Waals surface area contributed by atoms with Crippen LogP contribution in [0, 0.1) is 0 Å². The number of benzene rings is 5. The summed E-state index contributed by atoms with van der Waals surface area (Å²) in [7, 11) is 0. The van der Waals surface area contributed by atoms with Gasteiger partial charge in [0.15, 0.2) is 0 Å². The van der Waals surface area contributed by atoms with Crippen molar-refractivity contribution in [2.75, 3.05) is 0 Å². The van der Waals surface area contributed by atoms with Crippen LogP contribution < -0.4 is 0 Å². The second-order valence-electron chi connectivity index (χ2n) is 9.10. The van der Waals surface area contributed by atoms with Crippen molar-refractivity contribution in [1.29, 1.82) is 0 Å². The van der Waals surface area contributed by atoms with Crippen molar-refractivity contribution in [2.45, 2.75) is 0 Å². The minimum atomic E-state index is 1.14. The maximum Gasteiger partial charge on any atom is 0.0541 e. The van der Waals surface area contributed by atoms with Gasteiger partial charge in [-0.05, 0) is 53.6 Å². The smallest absolute Gasteiger partial charge is 0.0541 e. The third kappa shape index (κ3) is 3.35. The Morgan fingerprint density at radius 3 is 1.50 bits per heavy atom. The number of nitrogens with zero attached hydrogens (tertiary/aromatic N) is 2. The van der Waals surface area contributed by atoms with E-state index in [2.05, 4.69) is 155 Å². The van der Waals surface area contributed by atoms with Crippen molar-refractivity contribution in [2.24, 2.45) is 0 Å². The second kappa shape index (κ2) is 8.44. The lowest BCUT2D eigenvalue weighted by atomic mass is 10.1. The molecule has 0 aliphatic carbocycles. The zero-order chi connectivity index (χ0) is 23.9. The first-order chi connectivity index (χ1) is 17.9. The molecule has 0 atom stereocenters. The molecule has 5 aromatic carbocycles. The van der Waals surface area contributed by atoms with E-state index >= 15 is 0 Å². The van der Waals surface area contributed by atoms with Gasteiger partial charge in [-0.1, -0.05) is 97.1 Å². The Balaban J connectivity index is 1.38. The fraction of sp³-hybridized carbons (Fsp3) is 0. The molecule has 0 saturated heterocycles. The van der Waals surface area contributed by atoms with Gasteiger partial charge in [0.2, 0.25) is 0 Å². The summed E-state index contributed by atoms with van der Waals surface area (Å²) in [4.78, 5) is 0. The first-order valence-electron chi connectivity index (χ1n) is 12.3. The summed E-state index contributed by atoms with van der Waals surface area (Å²) in [5.74, 6) is 0. The van der Waals surface area contributed by atoms with Gasteiger partial charge >= 0.3 is 0 Å². The lowest BCUT2D eigenvalue weighted by molar-refractivity contribution is 1.08. The van der Waals surface area contributed by atoms with Gasteiger partial charge in [-0.3, -0.25) is 0 Å². The molecular weight excluding hydrogens is 436 g/mol. The van der Waals surface area contributed by atoms with Gasteiger partial charge in [-0.25, -0.2) is 0 Å². The van der Waals surface area contributed by atoms with Crippen LogP contribution in [-0.2, 0) is 0 Å². The second-order valence-corrected chi connectivity index (χ2v) is 9.10. The Bertz CT molecular complexity index is 1750. The standard InChI is InChI=1S/C34H24N2/c1-3-11-25(12-4-1)27-23-34(26-13-5-2-6-14-26)35(24-27)28-19-21-29(22-20-28)36-32-17-9-7-15-30(32)31-16-8-10-18-33(31)36/h1-24H. The molecule has 0 N–H and O–H groups in total. The molecule has 2 nitrogen and oxygen atoms in total. The molecule has 36 heavy (non-hydrogen) atoms. The average molecular weight is 461 g/mol. The molecule has 2 heteroatoms. The minimum absolute atomic E-state index is 1.14. The molecular formula is C34H24N2. The Labute approximate surface area is 210 Å². The topological polar surface area (TPSA) is 9.86 Å². The molecule has 0 spiro atoms. The van der Waals surface area contributed by atoms with Crippen LogP contribution in [-0.4, -0.2) is 9.13 Å². The van der Waals surface area contributed by atoms with E-state index < -0.39 is 0 Å². The highest BCUT2D eigenvalue weighted by Crippen LogP contribution is 2.34. The third-order valence-corrected chi connectivity index (χ3v) is 6.96. The first kappa shape index (κ1) is 20.5. The van der Waals surface area contributed by atoms with Crippen molar-refractivity contribution in [3.8, 4) is 33.8 Å². The summed E-state index contributed by atoms with van der Waals surface area (Å²) >= 11 is 0. The minimum Gasteiger partial charge on any atom is -0.316 e. The molecule has 0 radical (unpaired) electrons. The van der Waals surface area contributed by atoms with Crippen LogP contribution in [0.5, 0.6) is 0 Å². The Morgan fingerprint density at radius 1 is 0.389 bits per heavy atom. The van der Waals surface area contributed by atoms with E-state index in [0.717, 1.165) is 11.4 Å². The van der Waals surface area contributed by atoms with E-state index in [1.54, 1.807) is 0 Å². The third-order valence-electron chi connectivity index (χ3n) is 6.96. The van der Waals surface area contributed by atoms with Crippen LogP contribution in [0.3, 0.4) is 0 Å². The highest BCUT2D eigenvalue weighted by atomic mass is 15.0. The van der Waals surface area contributed by atoms with Gasteiger partial charge in [0, 0.05) is 33.9 Å². The quantitative estimate of drug-likeness (QED) is 0.248. The highest BCUT2D eigenvalue weighted by molar-refractivity contribution is 6.09. The number of hydrogen-bond donors (Lipinski definition) is 0. The zero-order valence-electron chi connectivity index (χ0n) is 19.8. The van der Waals surface area contributed by atoms with E-state index in [1.165, 1.54) is 44.2 Å². The molecule has 2 heterocycles. The fourth-order valence-corrected chi connectivity index (χ4v) is 5.26. The lowest BCUT2D eigenvalue weighted by Crippen LogP contribution is -1.97. The van der Waals surface area contributed by atoms with Crippen LogP contribution in [0.25, 0.3) is 55.6 Å². The largest absolute Gasteiger partial charge is 0.316 e. The maximum atomic E-state index is 2.36. The van der Waals surface area contributed by atoms with Gasteiger partial charge in [0.25, 0.3) is 0 Å². The maximum absolute atomic E-state index is 2.36. The van der Waals surface area contributed by atoms with E-state index in [1.807, 2.05) is 0 Å². The van der Waals surface area contributed by atoms with E-state index in [4.69, 9.17) is 0 Å². The summed E-state index contributed by atoms with van der Waals surface area (Å²) in [5, 5.41) is 2.56. The number of aromatic nitrogens is 2. The first-order valence-corrected chi connectivity index (χ1v) is 12.3. The monoisotopic (exact) mass is 460 g/mol. The number of rotatable bonds is 4. The van der Waals surface area contributed by atoms with E-state index in [-0.39, 0.29) is 0 Å². The SMILES string of the molecule is c1ccc(-c2cc(-c3ccccc3)n(-c3ccc(-n4c5ccccc5c5ccccc54)cc3)c2)cc1. The highest BCUT2D eigenvalue weighted by Gasteiger charge is 2.14. The zero-order valence-corrected chi connectivity index (χ0v) is 19.8. The van der Waals surface area contributed by atoms with Gasteiger partial charge in [-0.15, -0.1) is 0 Å². The van der Waals surface area contributed by atoms with E-state index in [0.29, 0.717) is 0 Å². The summed E-state index contributed by atoms with van der Waals surface area (Å²) in [6, 6.07) is 49.6. The molecule has 170 valence electrons. The Morgan fingerprint density at radius 2 is 0.889 bits per heavy atom. The lowest BCUT2D eigenvalue weighted by Gasteiger charge is -2.12. The van der Waals surface area contributed by atoms with Gasteiger partial charge < -0.3 is 9.13 Å². The van der Waals surface area contributed by atoms with Crippen molar-refractivity contribution in [1.82, 2.24) is 9.13 Å². The van der Waals surface area contributed by atoms with Crippen LogP contribution in [0.1, 0.15) is 0 Å². The van der Waals surface area contributed by atoms with E-state index in [9.17, 15) is 0 Å². The molecule has 0 bridgehead atoms. The average Bonchev–Trinajstić information content (AvgIpc) is 3.55. The van der Waals surface area contributed by atoms with Crippen molar-refractivity contribution in [3.63, 3.8) is 0 Å². The summed E-state index contributed by atoms with van der Waals surface area (Å²) in [5.41, 5.74) is 9.56. The van der Waals surface area contributed by atoms with Crippen LogP contribution in [0.4, 0.5) is 0 Å². The van der Waals surface area contributed by atoms with Gasteiger partial charge in [0.05, 0.1) is 16.7 Å². The fourth-order valence-electron chi connectivity index (χ4n) is 5.26. The van der Waals surface area contributed by atoms with Gasteiger partial charge in [0.1, 0.15) is 0 Å². The molecule has 0 amide bonds. The molecule has 2 aromatic heterocycles. The summed E-state index contributed by atoms with van der Waals surface area (Å²) in [6.07, 6.45) is 2.24. The molecule has 7 rings (SSSR count). The predicted molar refractivity (Wildman–Crippen MR) is 151 cm³/mol. The van der Waals surface area contributed by atoms with Crippen molar-refractivity contribution < 1.29 is 0 Å². The molecule has 0 unspecified atom stereocenters. The summed E-state index contributed by atoms with van der Waals surface area (Å²) in [6.45, 7) is 0. The Kier molecular flexibility index (Phi) is 4.82. The summed E-state index contributed by atoms with van der Waals surface area (Å²) < 4.78 is 4.66. The number of para-hydroxylation sites is 2. The number of hydrogen-bond acceptors (Lipinski definition) is 0. The Hall–Kier alpha value is -4.82. The molecule has 0 aliphatic rings. The van der Waals surface area contributed by atoms with Crippen LogP contribution >= 0.6 is 0 Å². The molecule has 0 fully saturated rings. The van der Waals surface area contributed by atoms with Crippen molar-refractivity contribution >= 4 is 21.8 Å². The van der Waals surface area contributed by atoms with Gasteiger partial charge in [-0.2, -0.15) is 0 Å². The van der Waals surface area contributed by atoms with Crippen molar-refractivity contribution in [3.05, 3.63) is 146 Å². The molecule has 0 saturated carbocycles. The van der Waals surface area contributed by atoms with Crippen LogP contribution in [0.2, 0.25) is 0 Å². The number of fused-ring (bicyclic) bond motifs is 3. The normalized spacial score (nSPS) is 11.3. The molecule has 0 aliphatic heterocycles. The molecule has 7 aromatic rings.